The smallest absolute Gasteiger partial charge is 0.0654 e. The molecule has 0 aliphatic rings. The highest BCUT2D eigenvalue weighted by molar-refractivity contribution is 6.17. The van der Waals surface area contributed by atoms with Gasteiger partial charge in [-0.05, 0) is 20.3 Å². The molecule has 0 aliphatic carbocycles. The molecule has 0 aromatic rings. The summed E-state index contributed by atoms with van der Waals surface area (Å²) in [6.07, 6.45) is 0.946. The van der Waals surface area contributed by atoms with Crippen LogP contribution in [0, 0.1) is 0 Å². The maximum atomic E-state index is 5.48. The summed E-state index contributed by atoms with van der Waals surface area (Å²) in [5.41, 5.74) is 2.85. The van der Waals surface area contributed by atoms with Crippen LogP contribution in [0.4, 0.5) is 0 Å². The van der Waals surface area contributed by atoms with E-state index in [0.717, 1.165) is 6.42 Å². The van der Waals surface area contributed by atoms with Gasteiger partial charge in [-0.15, -0.1) is 11.6 Å². The second-order valence-corrected chi connectivity index (χ2v) is 2.31. The van der Waals surface area contributed by atoms with Crippen molar-refractivity contribution in [3.8, 4) is 0 Å². The average molecular weight is 152 g/mol. The third-order valence-corrected chi connectivity index (χ3v) is 1.19. The summed E-state index contributed by atoms with van der Waals surface area (Å²) in [7, 11) is 0. The molecule has 0 aliphatic heterocycles. The molecular formula is C6H14ClNO. The van der Waals surface area contributed by atoms with Gasteiger partial charge in [-0.1, -0.05) is 0 Å². The molecule has 1 unspecified atom stereocenters. The maximum Gasteiger partial charge on any atom is 0.0654 e. The SMILES string of the molecule is CCONC(C)CCCl. The van der Waals surface area contributed by atoms with Crippen molar-refractivity contribution in [2.45, 2.75) is 26.3 Å². The van der Waals surface area contributed by atoms with Crippen LogP contribution in [0.1, 0.15) is 20.3 Å². The zero-order valence-electron chi connectivity index (χ0n) is 5.98. The first-order valence-electron chi connectivity index (χ1n) is 3.24. The van der Waals surface area contributed by atoms with Gasteiger partial charge in [0.2, 0.25) is 0 Å². The largest absolute Gasteiger partial charge is 0.302 e. The minimum absolute atomic E-state index is 0.363. The molecule has 56 valence electrons. The van der Waals surface area contributed by atoms with Crippen LogP contribution in [0.25, 0.3) is 0 Å². The van der Waals surface area contributed by atoms with Crippen molar-refractivity contribution in [3.05, 3.63) is 0 Å². The van der Waals surface area contributed by atoms with Crippen LogP contribution < -0.4 is 5.48 Å². The molecule has 0 rings (SSSR count). The predicted molar refractivity (Wildman–Crippen MR) is 39.6 cm³/mol. The second-order valence-electron chi connectivity index (χ2n) is 1.93. The summed E-state index contributed by atoms with van der Waals surface area (Å²) < 4.78 is 0. The van der Waals surface area contributed by atoms with Gasteiger partial charge in [-0.25, -0.2) is 0 Å². The number of halogens is 1. The van der Waals surface area contributed by atoms with Crippen molar-refractivity contribution < 1.29 is 4.84 Å². The van der Waals surface area contributed by atoms with Crippen LogP contribution in [0.2, 0.25) is 0 Å². The summed E-state index contributed by atoms with van der Waals surface area (Å²) >= 11 is 5.48. The Morgan fingerprint density at radius 2 is 2.33 bits per heavy atom. The minimum atomic E-state index is 0.363. The van der Waals surface area contributed by atoms with E-state index in [2.05, 4.69) is 5.48 Å². The van der Waals surface area contributed by atoms with Gasteiger partial charge in [0.15, 0.2) is 0 Å². The number of hydroxylamine groups is 1. The van der Waals surface area contributed by atoms with Crippen molar-refractivity contribution in [3.63, 3.8) is 0 Å². The van der Waals surface area contributed by atoms with E-state index in [1.165, 1.54) is 0 Å². The monoisotopic (exact) mass is 151 g/mol. The molecule has 9 heavy (non-hydrogen) atoms. The third-order valence-electron chi connectivity index (χ3n) is 0.971. The first kappa shape index (κ1) is 9.21. The maximum absolute atomic E-state index is 5.48. The lowest BCUT2D eigenvalue weighted by molar-refractivity contribution is 0.0283. The number of hydrogen-bond donors (Lipinski definition) is 1. The van der Waals surface area contributed by atoms with Crippen molar-refractivity contribution >= 4 is 11.6 Å². The van der Waals surface area contributed by atoms with Crippen LogP contribution in [-0.4, -0.2) is 18.5 Å². The van der Waals surface area contributed by atoms with Crippen molar-refractivity contribution in [1.29, 1.82) is 0 Å². The Labute approximate surface area is 61.5 Å². The number of hydrogen-bond acceptors (Lipinski definition) is 2. The van der Waals surface area contributed by atoms with Gasteiger partial charge in [0.05, 0.1) is 6.61 Å². The quantitative estimate of drug-likeness (QED) is 0.476. The summed E-state index contributed by atoms with van der Waals surface area (Å²) in [6.45, 7) is 4.69. The zero-order valence-corrected chi connectivity index (χ0v) is 6.74. The van der Waals surface area contributed by atoms with Crippen LogP contribution >= 0.6 is 11.6 Å². The minimum Gasteiger partial charge on any atom is -0.302 e. The molecule has 1 N–H and O–H groups in total. The molecule has 1 atom stereocenters. The molecule has 0 aromatic heterocycles. The molecule has 2 nitrogen and oxygen atoms in total. The van der Waals surface area contributed by atoms with E-state index in [9.17, 15) is 0 Å². The normalized spacial score (nSPS) is 13.7. The van der Waals surface area contributed by atoms with Crippen LogP contribution in [-0.2, 0) is 4.84 Å². The van der Waals surface area contributed by atoms with Gasteiger partial charge in [0, 0.05) is 11.9 Å². The lowest BCUT2D eigenvalue weighted by atomic mass is 10.3. The lowest BCUT2D eigenvalue weighted by Gasteiger charge is -2.09. The third kappa shape index (κ3) is 6.09. The summed E-state index contributed by atoms with van der Waals surface area (Å²) in [5.74, 6) is 0.682. The highest BCUT2D eigenvalue weighted by Gasteiger charge is 1.96. The fraction of sp³-hybridized carbons (Fsp3) is 1.00. The Hall–Kier alpha value is 0.210. The van der Waals surface area contributed by atoms with Gasteiger partial charge in [0.1, 0.15) is 0 Å². The Morgan fingerprint density at radius 1 is 1.67 bits per heavy atom. The zero-order chi connectivity index (χ0) is 7.11. The van der Waals surface area contributed by atoms with E-state index in [-0.39, 0.29) is 0 Å². The Kier molecular flexibility index (Phi) is 6.48. The Morgan fingerprint density at radius 3 is 2.78 bits per heavy atom. The summed E-state index contributed by atoms with van der Waals surface area (Å²) in [5, 5.41) is 0. The van der Waals surface area contributed by atoms with E-state index >= 15 is 0 Å². The molecule has 0 aromatic carbocycles. The fourth-order valence-corrected chi connectivity index (χ4v) is 0.776. The van der Waals surface area contributed by atoms with E-state index in [4.69, 9.17) is 16.4 Å². The average Bonchev–Trinajstić information content (AvgIpc) is 1.85. The van der Waals surface area contributed by atoms with Crippen LogP contribution in [0.5, 0.6) is 0 Å². The standard InChI is InChI=1S/C6H14ClNO/c1-3-9-8-6(2)4-5-7/h6,8H,3-5H2,1-2H3. The van der Waals surface area contributed by atoms with Crippen molar-refractivity contribution in [2.75, 3.05) is 12.5 Å². The Balaban J connectivity index is 2.95. The van der Waals surface area contributed by atoms with Crippen LogP contribution in [0.3, 0.4) is 0 Å². The number of nitrogens with one attached hydrogen (secondary N) is 1. The predicted octanol–water partition coefficient (Wildman–Crippen LogP) is 1.54. The Bertz CT molecular complexity index is 61.0. The molecule has 0 fully saturated rings. The van der Waals surface area contributed by atoms with E-state index in [1.807, 2.05) is 13.8 Å². The molecule has 0 heterocycles. The van der Waals surface area contributed by atoms with E-state index in [0.29, 0.717) is 18.5 Å². The number of rotatable bonds is 5. The van der Waals surface area contributed by atoms with Gasteiger partial charge >= 0.3 is 0 Å². The fourth-order valence-electron chi connectivity index (χ4n) is 0.448. The first-order chi connectivity index (χ1) is 4.31. The molecular weight excluding hydrogens is 138 g/mol. The molecule has 0 bridgehead atoms. The van der Waals surface area contributed by atoms with Crippen LogP contribution in [0.15, 0.2) is 0 Å². The van der Waals surface area contributed by atoms with Gasteiger partial charge in [0.25, 0.3) is 0 Å². The van der Waals surface area contributed by atoms with Gasteiger partial charge < -0.3 is 4.84 Å². The summed E-state index contributed by atoms with van der Waals surface area (Å²) in [4.78, 5) is 4.94. The van der Waals surface area contributed by atoms with E-state index in [1.54, 1.807) is 0 Å². The van der Waals surface area contributed by atoms with Gasteiger partial charge in [-0.3, -0.25) is 0 Å². The highest BCUT2D eigenvalue weighted by atomic mass is 35.5. The van der Waals surface area contributed by atoms with Crippen molar-refractivity contribution in [1.82, 2.24) is 5.48 Å². The molecule has 0 amide bonds. The molecule has 0 saturated heterocycles. The summed E-state index contributed by atoms with van der Waals surface area (Å²) in [6, 6.07) is 0.363. The van der Waals surface area contributed by atoms with E-state index < -0.39 is 0 Å². The first-order valence-corrected chi connectivity index (χ1v) is 3.78. The van der Waals surface area contributed by atoms with Gasteiger partial charge in [-0.2, -0.15) is 5.48 Å². The lowest BCUT2D eigenvalue weighted by Crippen LogP contribution is -2.26. The highest BCUT2D eigenvalue weighted by Crippen LogP contribution is 1.91. The number of alkyl halides is 1. The molecule has 0 spiro atoms. The second kappa shape index (κ2) is 6.33. The molecule has 0 radical (unpaired) electrons. The molecule has 0 saturated carbocycles. The molecule has 3 heteroatoms. The van der Waals surface area contributed by atoms with Crippen molar-refractivity contribution in [2.24, 2.45) is 0 Å². The topological polar surface area (TPSA) is 21.3 Å².